The Morgan fingerprint density at radius 3 is 2.61 bits per heavy atom. The topological polar surface area (TPSA) is 64.4 Å². The van der Waals surface area contributed by atoms with E-state index in [-0.39, 0.29) is 18.4 Å². The van der Waals surface area contributed by atoms with Crippen LogP contribution < -0.4 is 0 Å². The fourth-order valence-corrected chi connectivity index (χ4v) is 2.86. The van der Waals surface area contributed by atoms with Crippen molar-refractivity contribution in [2.24, 2.45) is 5.41 Å². The van der Waals surface area contributed by atoms with Crippen LogP contribution in [0.25, 0.3) is 0 Å². The van der Waals surface area contributed by atoms with Crippen LogP contribution in [0, 0.1) is 16.7 Å². The Bertz CT molecular complexity index is 384. The van der Waals surface area contributed by atoms with Crippen molar-refractivity contribution < 1.29 is 9.59 Å². The maximum absolute atomic E-state index is 12.2. The normalized spacial score (nSPS) is 19.5. The van der Waals surface area contributed by atoms with Gasteiger partial charge in [-0.05, 0) is 0 Å². The van der Waals surface area contributed by atoms with Crippen LogP contribution in [0.4, 0.5) is 0 Å². The molecule has 1 atom stereocenters. The molecule has 1 unspecified atom stereocenters. The fourth-order valence-electron chi connectivity index (χ4n) is 1.72. The summed E-state index contributed by atoms with van der Waals surface area (Å²) in [5, 5.41) is 8.60. The fraction of sp³-hybridized carbons (Fsp3) is 0.750. The van der Waals surface area contributed by atoms with Crippen LogP contribution in [0.2, 0.25) is 0 Å². The highest BCUT2D eigenvalue weighted by atomic mass is 32.2. The van der Waals surface area contributed by atoms with Gasteiger partial charge in [0.05, 0.1) is 11.9 Å². The summed E-state index contributed by atoms with van der Waals surface area (Å²) >= 11 is 1.57. The smallest absolute Gasteiger partial charge is 0.246 e. The van der Waals surface area contributed by atoms with Gasteiger partial charge in [-0.25, -0.2) is 0 Å². The van der Waals surface area contributed by atoms with E-state index in [0.717, 1.165) is 0 Å². The molecule has 0 spiro atoms. The monoisotopic (exact) mass is 269 g/mol. The molecule has 0 N–H and O–H groups in total. The molecule has 0 bridgehead atoms. The molecular formula is C12H19N3O2S. The molecule has 0 aromatic rings. The van der Waals surface area contributed by atoms with Crippen LogP contribution in [0.1, 0.15) is 20.8 Å². The van der Waals surface area contributed by atoms with E-state index in [1.165, 1.54) is 4.90 Å². The average Bonchev–Trinajstić information content (AvgIpc) is 2.74. The van der Waals surface area contributed by atoms with Gasteiger partial charge in [-0.2, -0.15) is 5.26 Å². The summed E-state index contributed by atoms with van der Waals surface area (Å²) in [6.45, 7) is 5.59. The molecule has 0 aromatic carbocycles. The summed E-state index contributed by atoms with van der Waals surface area (Å²) in [5.41, 5.74) is -0.489. The van der Waals surface area contributed by atoms with E-state index in [2.05, 4.69) is 0 Å². The zero-order valence-corrected chi connectivity index (χ0v) is 12.1. The van der Waals surface area contributed by atoms with Crippen molar-refractivity contribution in [3.63, 3.8) is 0 Å². The Labute approximate surface area is 112 Å². The Morgan fingerprint density at radius 1 is 1.50 bits per heavy atom. The third-order valence-corrected chi connectivity index (χ3v) is 3.77. The molecule has 1 rings (SSSR count). The van der Waals surface area contributed by atoms with Crippen molar-refractivity contribution in [3.05, 3.63) is 0 Å². The number of carbonyl (C=O) groups is 2. The molecule has 1 aliphatic rings. The SMILES string of the molecule is CN(CC#N)C(=O)C1CSCN1C(=O)C(C)(C)C. The van der Waals surface area contributed by atoms with E-state index in [4.69, 9.17) is 5.26 Å². The molecule has 2 amide bonds. The highest BCUT2D eigenvalue weighted by Gasteiger charge is 2.39. The number of hydrogen-bond acceptors (Lipinski definition) is 4. The molecule has 18 heavy (non-hydrogen) atoms. The lowest BCUT2D eigenvalue weighted by Crippen LogP contribution is -2.50. The second kappa shape index (κ2) is 5.61. The van der Waals surface area contributed by atoms with Crippen LogP contribution in [-0.2, 0) is 9.59 Å². The lowest BCUT2D eigenvalue weighted by molar-refractivity contribution is -0.147. The third-order valence-electron chi connectivity index (χ3n) is 2.75. The van der Waals surface area contributed by atoms with Gasteiger partial charge >= 0.3 is 0 Å². The van der Waals surface area contributed by atoms with Gasteiger partial charge in [-0.3, -0.25) is 9.59 Å². The number of amides is 2. The number of rotatable bonds is 2. The average molecular weight is 269 g/mol. The lowest BCUT2D eigenvalue weighted by atomic mass is 9.94. The quantitative estimate of drug-likeness (QED) is 0.699. The van der Waals surface area contributed by atoms with Gasteiger partial charge in [0.1, 0.15) is 12.6 Å². The van der Waals surface area contributed by atoms with E-state index in [0.29, 0.717) is 11.6 Å². The van der Waals surface area contributed by atoms with E-state index in [9.17, 15) is 9.59 Å². The third kappa shape index (κ3) is 3.16. The molecule has 0 saturated carbocycles. The van der Waals surface area contributed by atoms with Gasteiger partial charge in [-0.15, -0.1) is 11.8 Å². The number of nitriles is 1. The Kier molecular flexibility index (Phi) is 4.63. The second-order valence-electron chi connectivity index (χ2n) is 5.39. The van der Waals surface area contributed by atoms with Crippen LogP contribution >= 0.6 is 11.8 Å². The minimum atomic E-state index is -0.489. The van der Waals surface area contributed by atoms with Gasteiger partial charge in [0.25, 0.3) is 0 Å². The first-order valence-corrected chi connectivity index (χ1v) is 6.95. The highest BCUT2D eigenvalue weighted by Crippen LogP contribution is 2.28. The highest BCUT2D eigenvalue weighted by molar-refractivity contribution is 7.99. The van der Waals surface area contributed by atoms with Gasteiger partial charge in [0.2, 0.25) is 11.8 Å². The van der Waals surface area contributed by atoms with Crippen LogP contribution in [0.3, 0.4) is 0 Å². The molecule has 1 saturated heterocycles. The predicted octanol–water partition coefficient (Wildman–Crippen LogP) is 0.916. The van der Waals surface area contributed by atoms with Crippen LogP contribution in [0.15, 0.2) is 0 Å². The van der Waals surface area contributed by atoms with E-state index >= 15 is 0 Å². The first-order valence-electron chi connectivity index (χ1n) is 5.79. The minimum absolute atomic E-state index is 0.0174. The maximum atomic E-state index is 12.2. The van der Waals surface area contributed by atoms with E-state index in [1.54, 1.807) is 23.7 Å². The zero-order chi connectivity index (χ0) is 13.9. The molecule has 6 heteroatoms. The van der Waals surface area contributed by atoms with Crippen molar-refractivity contribution in [3.8, 4) is 6.07 Å². The Morgan fingerprint density at radius 2 is 2.11 bits per heavy atom. The lowest BCUT2D eigenvalue weighted by Gasteiger charge is -2.31. The van der Waals surface area contributed by atoms with Crippen molar-refractivity contribution in [1.82, 2.24) is 9.80 Å². The molecule has 100 valence electrons. The standard InChI is InChI=1S/C12H19N3O2S/c1-12(2,3)11(17)15-8-18-7-9(15)10(16)14(4)6-5-13/h9H,6-8H2,1-4H3. The molecular weight excluding hydrogens is 250 g/mol. The Balaban J connectivity index is 2.80. The Hall–Kier alpha value is -1.22. The van der Waals surface area contributed by atoms with E-state index < -0.39 is 11.5 Å². The summed E-state index contributed by atoms with van der Waals surface area (Å²) in [6, 6.07) is 1.51. The number of carbonyl (C=O) groups excluding carboxylic acids is 2. The van der Waals surface area contributed by atoms with Crippen LogP contribution in [0.5, 0.6) is 0 Å². The van der Waals surface area contributed by atoms with Gasteiger partial charge in [-0.1, -0.05) is 20.8 Å². The maximum Gasteiger partial charge on any atom is 0.246 e. The van der Waals surface area contributed by atoms with Gasteiger partial charge < -0.3 is 9.80 Å². The summed E-state index contributed by atoms with van der Waals surface area (Å²) in [5.74, 6) is 0.985. The van der Waals surface area contributed by atoms with Crippen molar-refractivity contribution in [2.45, 2.75) is 26.8 Å². The summed E-state index contributed by atoms with van der Waals surface area (Å²) in [6.07, 6.45) is 0. The molecule has 0 aromatic heterocycles. The summed E-state index contributed by atoms with van der Waals surface area (Å²) in [7, 11) is 1.59. The van der Waals surface area contributed by atoms with Gasteiger partial charge in [0, 0.05) is 18.2 Å². The zero-order valence-electron chi connectivity index (χ0n) is 11.3. The molecule has 1 aliphatic heterocycles. The molecule has 0 aliphatic carbocycles. The number of likely N-dealkylation sites (N-methyl/N-ethyl adjacent to an activating group) is 1. The van der Waals surface area contributed by atoms with Gasteiger partial charge in [0.15, 0.2) is 0 Å². The number of hydrogen-bond donors (Lipinski definition) is 0. The largest absolute Gasteiger partial charge is 0.331 e. The number of nitrogens with zero attached hydrogens (tertiary/aromatic N) is 3. The molecule has 1 fully saturated rings. The molecule has 5 nitrogen and oxygen atoms in total. The summed E-state index contributed by atoms with van der Waals surface area (Å²) in [4.78, 5) is 27.4. The molecule has 1 heterocycles. The minimum Gasteiger partial charge on any atom is -0.331 e. The number of thioether (sulfide) groups is 1. The summed E-state index contributed by atoms with van der Waals surface area (Å²) < 4.78 is 0. The predicted molar refractivity (Wildman–Crippen MR) is 70.7 cm³/mol. The van der Waals surface area contributed by atoms with Crippen molar-refractivity contribution in [1.29, 1.82) is 5.26 Å². The van der Waals surface area contributed by atoms with Crippen molar-refractivity contribution >= 4 is 23.6 Å². The molecule has 0 radical (unpaired) electrons. The first kappa shape index (κ1) is 14.8. The van der Waals surface area contributed by atoms with Crippen LogP contribution in [-0.4, -0.2) is 52.9 Å². The first-order chi connectivity index (χ1) is 8.29. The van der Waals surface area contributed by atoms with E-state index in [1.807, 2.05) is 26.8 Å². The second-order valence-corrected chi connectivity index (χ2v) is 6.39. The van der Waals surface area contributed by atoms with Crippen molar-refractivity contribution in [2.75, 3.05) is 25.2 Å².